The number of rotatable bonds is 9. The predicted molar refractivity (Wildman–Crippen MR) is 130 cm³/mol. The lowest BCUT2D eigenvalue weighted by molar-refractivity contribution is -0.113. The Kier molecular flexibility index (Phi) is 7.75. The molecule has 32 heavy (non-hydrogen) atoms. The molecule has 3 rings (SSSR count). The number of benzene rings is 2. The average Bonchev–Trinajstić information content (AvgIpc) is 3.15. The number of allylic oxidation sites excluding steroid dienone is 1. The summed E-state index contributed by atoms with van der Waals surface area (Å²) in [5.74, 6) is 1.67. The van der Waals surface area contributed by atoms with Crippen LogP contribution >= 0.6 is 11.8 Å². The zero-order chi connectivity index (χ0) is 23.3. The quantitative estimate of drug-likeness (QED) is 0.341. The van der Waals surface area contributed by atoms with Crippen molar-refractivity contribution in [3.8, 4) is 5.75 Å². The Hall–Kier alpha value is -3.06. The maximum atomic E-state index is 12.5. The molecule has 0 bridgehead atoms. The molecule has 0 saturated heterocycles. The van der Waals surface area contributed by atoms with Gasteiger partial charge in [0.15, 0.2) is 17.1 Å². The summed E-state index contributed by atoms with van der Waals surface area (Å²) in [6.07, 6.45) is 1.48. The van der Waals surface area contributed by atoms with E-state index in [0.29, 0.717) is 17.5 Å². The first-order valence-electron chi connectivity index (χ1n) is 10.6. The average molecular weight is 451 g/mol. The van der Waals surface area contributed by atoms with Crippen molar-refractivity contribution >= 4 is 23.4 Å². The van der Waals surface area contributed by atoms with Crippen molar-refractivity contribution in [3.05, 3.63) is 77.1 Å². The summed E-state index contributed by atoms with van der Waals surface area (Å²) >= 11 is 1.35. The number of hydrogen-bond acceptors (Lipinski definition) is 5. The van der Waals surface area contributed by atoms with Crippen molar-refractivity contribution in [1.82, 2.24) is 14.8 Å². The Morgan fingerprint density at radius 1 is 1.19 bits per heavy atom. The summed E-state index contributed by atoms with van der Waals surface area (Å²) in [6.45, 7) is 14.4. The normalized spacial score (nSPS) is 11.8. The monoisotopic (exact) mass is 450 g/mol. The highest BCUT2D eigenvalue weighted by molar-refractivity contribution is 7.99. The second kappa shape index (κ2) is 10.5. The van der Waals surface area contributed by atoms with Crippen LogP contribution in [0.5, 0.6) is 5.75 Å². The van der Waals surface area contributed by atoms with Gasteiger partial charge in [-0.15, -0.1) is 16.8 Å². The number of amides is 1. The zero-order valence-corrected chi connectivity index (χ0v) is 20.1. The van der Waals surface area contributed by atoms with E-state index in [4.69, 9.17) is 4.74 Å². The van der Waals surface area contributed by atoms with Crippen LogP contribution in [0.2, 0.25) is 0 Å². The number of carbonyl (C=O) groups is 1. The number of nitrogens with one attached hydrogen (secondary N) is 1. The molecule has 6 nitrogen and oxygen atoms in total. The molecule has 0 spiro atoms. The van der Waals surface area contributed by atoms with Crippen LogP contribution in [0.25, 0.3) is 0 Å². The highest BCUT2D eigenvalue weighted by Crippen LogP contribution is 2.28. The van der Waals surface area contributed by atoms with Crippen LogP contribution in [0.1, 0.15) is 41.1 Å². The van der Waals surface area contributed by atoms with E-state index >= 15 is 0 Å². The van der Waals surface area contributed by atoms with E-state index < -0.39 is 0 Å². The fourth-order valence-corrected chi connectivity index (χ4v) is 4.04. The Bertz CT molecular complexity index is 1120. The van der Waals surface area contributed by atoms with Crippen LogP contribution in [0.15, 0.2) is 54.2 Å². The van der Waals surface area contributed by atoms with Crippen LogP contribution in [-0.4, -0.2) is 26.4 Å². The summed E-state index contributed by atoms with van der Waals surface area (Å²) in [6, 6.07) is 12.0. The van der Waals surface area contributed by atoms with E-state index in [2.05, 4.69) is 35.1 Å². The molecule has 2 aromatic carbocycles. The molecule has 3 aromatic rings. The highest BCUT2D eigenvalue weighted by Gasteiger charge is 2.20. The molecule has 1 unspecified atom stereocenters. The number of aromatic nitrogens is 3. The summed E-state index contributed by atoms with van der Waals surface area (Å²) in [4.78, 5) is 12.5. The van der Waals surface area contributed by atoms with Crippen LogP contribution in [0.3, 0.4) is 0 Å². The van der Waals surface area contributed by atoms with Crippen LogP contribution < -0.4 is 10.1 Å². The number of nitrogens with zero attached hydrogens (tertiary/aromatic N) is 3. The van der Waals surface area contributed by atoms with Crippen LogP contribution in [0, 0.1) is 27.7 Å². The molecule has 1 aromatic heterocycles. The highest BCUT2D eigenvalue weighted by atomic mass is 32.2. The Morgan fingerprint density at radius 3 is 2.72 bits per heavy atom. The van der Waals surface area contributed by atoms with Gasteiger partial charge in [0.2, 0.25) is 5.91 Å². The minimum atomic E-state index is -0.305. The minimum Gasteiger partial charge on any atom is -0.482 e. The number of thioether (sulfide) groups is 1. The molecular formula is C25H30N4O2S. The Morgan fingerprint density at radius 2 is 1.97 bits per heavy atom. The van der Waals surface area contributed by atoms with Gasteiger partial charge in [-0.25, -0.2) is 0 Å². The molecule has 0 saturated carbocycles. The van der Waals surface area contributed by atoms with E-state index in [-0.39, 0.29) is 17.8 Å². The second-order valence-corrected chi connectivity index (χ2v) is 8.80. The van der Waals surface area contributed by atoms with Crippen molar-refractivity contribution in [2.45, 2.75) is 52.4 Å². The first kappa shape index (κ1) is 23.6. The van der Waals surface area contributed by atoms with Gasteiger partial charge >= 0.3 is 0 Å². The molecule has 1 atom stereocenters. The van der Waals surface area contributed by atoms with E-state index in [9.17, 15) is 4.79 Å². The molecule has 0 fully saturated rings. The molecule has 168 valence electrons. The van der Waals surface area contributed by atoms with Crippen molar-refractivity contribution in [1.29, 1.82) is 0 Å². The number of anilines is 1. The summed E-state index contributed by atoms with van der Waals surface area (Å²) < 4.78 is 8.14. The number of carbonyl (C=O) groups excluding carboxylic acids is 1. The summed E-state index contributed by atoms with van der Waals surface area (Å²) in [5, 5.41) is 12.3. The van der Waals surface area contributed by atoms with Crippen LogP contribution in [0.4, 0.5) is 5.69 Å². The van der Waals surface area contributed by atoms with Gasteiger partial charge in [0.05, 0.1) is 5.75 Å². The first-order chi connectivity index (χ1) is 15.3. The minimum absolute atomic E-state index is 0.0851. The lowest BCUT2D eigenvalue weighted by atomic mass is 10.1. The molecule has 1 heterocycles. The Balaban J connectivity index is 1.71. The molecule has 1 amide bonds. The maximum Gasteiger partial charge on any atom is 0.234 e. The fourth-order valence-electron chi connectivity index (χ4n) is 3.29. The smallest absolute Gasteiger partial charge is 0.234 e. The molecule has 0 aliphatic rings. The number of ether oxygens (including phenoxy) is 1. The van der Waals surface area contributed by atoms with E-state index in [1.807, 2.05) is 62.6 Å². The van der Waals surface area contributed by atoms with Crippen molar-refractivity contribution in [2.75, 3.05) is 11.1 Å². The van der Waals surface area contributed by atoms with E-state index in [1.165, 1.54) is 17.3 Å². The van der Waals surface area contributed by atoms with Gasteiger partial charge < -0.3 is 10.1 Å². The van der Waals surface area contributed by atoms with Gasteiger partial charge in [-0.05, 0) is 69.0 Å². The maximum absolute atomic E-state index is 12.5. The largest absolute Gasteiger partial charge is 0.482 e. The van der Waals surface area contributed by atoms with Crippen molar-refractivity contribution in [2.24, 2.45) is 0 Å². The lowest BCUT2D eigenvalue weighted by Crippen LogP contribution is -2.16. The van der Waals surface area contributed by atoms with Gasteiger partial charge in [0, 0.05) is 12.2 Å². The topological polar surface area (TPSA) is 69.0 Å². The molecule has 0 aliphatic carbocycles. The molecular weight excluding hydrogens is 420 g/mol. The predicted octanol–water partition coefficient (Wildman–Crippen LogP) is 5.57. The molecule has 1 N–H and O–H groups in total. The van der Waals surface area contributed by atoms with E-state index in [1.54, 1.807) is 6.08 Å². The lowest BCUT2D eigenvalue weighted by Gasteiger charge is -2.18. The third kappa shape index (κ3) is 5.59. The molecule has 7 heteroatoms. The van der Waals surface area contributed by atoms with Gasteiger partial charge in [0.1, 0.15) is 5.75 Å². The van der Waals surface area contributed by atoms with Gasteiger partial charge in [-0.3, -0.25) is 9.36 Å². The van der Waals surface area contributed by atoms with Gasteiger partial charge in [-0.1, -0.05) is 42.1 Å². The molecule has 0 aliphatic heterocycles. The number of hydrogen-bond donors (Lipinski definition) is 1. The summed E-state index contributed by atoms with van der Waals surface area (Å²) in [5.41, 5.74) is 5.25. The third-order valence-electron chi connectivity index (χ3n) is 5.28. The van der Waals surface area contributed by atoms with Crippen LogP contribution in [-0.2, 0) is 11.3 Å². The summed E-state index contributed by atoms with van der Waals surface area (Å²) in [7, 11) is 0. The zero-order valence-electron chi connectivity index (χ0n) is 19.3. The Labute approximate surface area is 194 Å². The number of aryl methyl sites for hydroxylation is 3. The second-order valence-electron chi connectivity index (χ2n) is 7.85. The van der Waals surface area contributed by atoms with Gasteiger partial charge in [-0.2, -0.15) is 0 Å². The fraction of sp³-hybridized carbons (Fsp3) is 0.320. The standard InChI is InChI=1S/C25H30N4O2S/c1-7-13-29-24(20(6)31-22-10-8-9-17(3)19(22)5)27-28-25(29)32-15-23(30)26-21-14-16(2)11-12-18(21)4/h7-12,14,20H,1,13,15H2,2-6H3,(H,26,30). The van der Waals surface area contributed by atoms with Crippen molar-refractivity contribution in [3.63, 3.8) is 0 Å². The van der Waals surface area contributed by atoms with Crippen molar-refractivity contribution < 1.29 is 9.53 Å². The molecule has 0 radical (unpaired) electrons. The SMILES string of the molecule is C=CCn1c(SCC(=O)Nc2cc(C)ccc2C)nnc1C(C)Oc1cccc(C)c1C. The third-order valence-corrected chi connectivity index (χ3v) is 6.25. The van der Waals surface area contributed by atoms with E-state index in [0.717, 1.165) is 28.1 Å². The van der Waals surface area contributed by atoms with Gasteiger partial charge in [0.25, 0.3) is 0 Å². The first-order valence-corrected chi connectivity index (χ1v) is 11.6.